The largest absolute Gasteiger partial charge is 0.489 e. The van der Waals surface area contributed by atoms with E-state index in [1.165, 1.54) is 0 Å². The van der Waals surface area contributed by atoms with Gasteiger partial charge in [0.05, 0.1) is 12.2 Å². The van der Waals surface area contributed by atoms with Gasteiger partial charge in [0.25, 0.3) is 0 Å². The Morgan fingerprint density at radius 2 is 1.84 bits per heavy atom. The van der Waals surface area contributed by atoms with E-state index in [9.17, 15) is 9.59 Å². The molecule has 2 aromatic carbocycles. The molecule has 37 heavy (non-hydrogen) atoms. The number of hydrogen-bond donors (Lipinski definition) is 1. The number of Topliss-reactive ketones (excluding diaryl/α,β-unsaturated/α-hetero) is 1. The molecule has 0 amide bonds. The van der Waals surface area contributed by atoms with Crippen molar-refractivity contribution < 1.29 is 19.1 Å². The first-order valence-electron chi connectivity index (χ1n) is 12.8. The fraction of sp³-hybridized carbons (Fsp3) is 0.419. The van der Waals surface area contributed by atoms with Gasteiger partial charge in [-0.05, 0) is 86.9 Å². The number of ether oxygens (including phenoxy) is 2. The van der Waals surface area contributed by atoms with Crippen molar-refractivity contribution >= 4 is 23.4 Å². The number of aryl methyl sites for hydroxylation is 2. The number of ketones is 1. The molecule has 1 N–H and O–H groups in total. The first kappa shape index (κ1) is 27.0. The Bertz CT molecular complexity index is 1330. The van der Waals surface area contributed by atoms with Crippen molar-refractivity contribution in [2.45, 2.75) is 73.8 Å². The Labute approximate surface area is 224 Å². The number of esters is 1. The highest BCUT2D eigenvalue weighted by Crippen LogP contribution is 2.48. The lowest BCUT2D eigenvalue weighted by Gasteiger charge is -2.40. The number of carbonyl (C=O) groups excluding carboxylic acids is 2. The van der Waals surface area contributed by atoms with Crippen LogP contribution in [0, 0.1) is 26.2 Å². The molecular formula is C31H36ClNO4. The van der Waals surface area contributed by atoms with Crippen LogP contribution in [-0.2, 0) is 20.9 Å². The molecule has 1 aliphatic carbocycles. The second-order valence-electron chi connectivity index (χ2n) is 11.0. The van der Waals surface area contributed by atoms with E-state index < -0.39 is 11.9 Å². The Kier molecular flexibility index (Phi) is 7.57. The molecule has 196 valence electrons. The molecule has 0 spiro atoms. The zero-order chi connectivity index (χ0) is 27.1. The summed E-state index contributed by atoms with van der Waals surface area (Å²) in [6.45, 7) is 14.6. The van der Waals surface area contributed by atoms with Crippen LogP contribution in [0.25, 0.3) is 0 Å². The van der Waals surface area contributed by atoms with Crippen LogP contribution in [0.15, 0.2) is 52.9 Å². The molecule has 0 unspecified atom stereocenters. The van der Waals surface area contributed by atoms with Crippen LogP contribution in [-0.4, -0.2) is 18.4 Å². The highest BCUT2D eigenvalue weighted by Gasteiger charge is 2.43. The van der Waals surface area contributed by atoms with Gasteiger partial charge >= 0.3 is 5.97 Å². The molecular weight excluding hydrogens is 486 g/mol. The minimum Gasteiger partial charge on any atom is -0.489 e. The third kappa shape index (κ3) is 5.47. The quantitative estimate of drug-likeness (QED) is 0.414. The zero-order valence-electron chi connectivity index (χ0n) is 22.8. The molecule has 0 saturated carbocycles. The molecule has 4 rings (SSSR count). The van der Waals surface area contributed by atoms with Crippen LogP contribution in [0.3, 0.4) is 0 Å². The third-order valence-electron chi connectivity index (χ3n) is 7.27. The predicted molar refractivity (Wildman–Crippen MR) is 147 cm³/mol. The van der Waals surface area contributed by atoms with E-state index in [1.807, 2.05) is 45.9 Å². The molecule has 0 aromatic heterocycles. The maximum absolute atomic E-state index is 13.6. The van der Waals surface area contributed by atoms with E-state index in [1.54, 1.807) is 6.92 Å². The molecule has 0 fully saturated rings. The van der Waals surface area contributed by atoms with E-state index in [2.05, 4.69) is 31.3 Å². The Morgan fingerprint density at radius 1 is 1.11 bits per heavy atom. The first-order chi connectivity index (χ1) is 17.4. The van der Waals surface area contributed by atoms with Gasteiger partial charge in [0.1, 0.15) is 12.4 Å². The maximum atomic E-state index is 13.6. The minimum absolute atomic E-state index is 0.0774. The van der Waals surface area contributed by atoms with Gasteiger partial charge in [0.2, 0.25) is 0 Å². The monoisotopic (exact) mass is 521 g/mol. The topological polar surface area (TPSA) is 64.6 Å². The van der Waals surface area contributed by atoms with E-state index in [0.29, 0.717) is 29.2 Å². The first-order valence-corrected chi connectivity index (χ1v) is 13.2. The highest BCUT2D eigenvalue weighted by atomic mass is 35.5. The van der Waals surface area contributed by atoms with Crippen molar-refractivity contribution in [1.29, 1.82) is 0 Å². The summed E-state index contributed by atoms with van der Waals surface area (Å²) in [7, 11) is 0. The second-order valence-corrected chi connectivity index (χ2v) is 11.4. The number of benzene rings is 2. The maximum Gasteiger partial charge on any atom is 0.336 e. The molecule has 5 nitrogen and oxygen atoms in total. The summed E-state index contributed by atoms with van der Waals surface area (Å²) in [6, 6.07) is 9.76. The number of dihydropyridines is 1. The van der Waals surface area contributed by atoms with E-state index >= 15 is 0 Å². The van der Waals surface area contributed by atoms with Crippen molar-refractivity contribution in [3.8, 4) is 5.75 Å². The van der Waals surface area contributed by atoms with Crippen molar-refractivity contribution in [3.05, 3.63) is 85.7 Å². The Morgan fingerprint density at radius 3 is 2.51 bits per heavy atom. The lowest BCUT2D eigenvalue weighted by Crippen LogP contribution is -2.39. The zero-order valence-corrected chi connectivity index (χ0v) is 23.6. The number of rotatable bonds is 6. The molecule has 0 saturated heterocycles. The summed E-state index contributed by atoms with van der Waals surface area (Å²) in [4.78, 5) is 26.9. The average molecular weight is 522 g/mol. The average Bonchev–Trinajstić information content (AvgIpc) is 2.78. The van der Waals surface area contributed by atoms with E-state index in [0.717, 1.165) is 51.4 Å². The minimum atomic E-state index is -0.491. The fourth-order valence-electron chi connectivity index (χ4n) is 5.57. The fourth-order valence-corrected chi connectivity index (χ4v) is 5.80. The van der Waals surface area contributed by atoms with Crippen LogP contribution in [0.1, 0.15) is 74.3 Å². The number of allylic oxidation sites excluding steroid dienone is 3. The van der Waals surface area contributed by atoms with Crippen LogP contribution in [0.5, 0.6) is 5.75 Å². The molecule has 6 heteroatoms. The van der Waals surface area contributed by atoms with Gasteiger partial charge in [0.15, 0.2) is 5.78 Å². The molecule has 1 aliphatic heterocycles. The normalized spacial score (nSPS) is 18.9. The summed E-state index contributed by atoms with van der Waals surface area (Å²) < 4.78 is 11.7. The Balaban J connectivity index is 1.82. The van der Waals surface area contributed by atoms with Crippen molar-refractivity contribution in [1.82, 2.24) is 5.32 Å². The van der Waals surface area contributed by atoms with Crippen LogP contribution in [0.4, 0.5) is 0 Å². The van der Waals surface area contributed by atoms with Gasteiger partial charge < -0.3 is 14.8 Å². The molecule has 1 heterocycles. The summed E-state index contributed by atoms with van der Waals surface area (Å²) in [5.74, 6) is -0.0353. The summed E-state index contributed by atoms with van der Waals surface area (Å²) in [6.07, 6.45) is 1.19. The lowest BCUT2D eigenvalue weighted by molar-refractivity contribution is -0.138. The number of nitrogens with one attached hydrogen (secondary N) is 1. The van der Waals surface area contributed by atoms with Gasteiger partial charge in [-0.25, -0.2) is 4.79 Å². The van der Waals surface area contributed by atoms with Crippen LogP contribution in [0.2, 0.25) is 5.02 Å². The van der Waals surface area contributed by atoms with Gasteiger partial charge in [-0.2, -0.15) is 0 Å². The predicted octanol–water partition coefficient (Wildman–Crippen LogP) is 7.01. The van der Waals surface area contributed by atoms with Gasteiger partial charge in [-0.15, -0.1) is 0 Å². The molecule has 0 bridgehead atoms. The number of carbonyl (C=O) groups is 2. The van der Waals surface area contributed by atoms with E-state index in [-0.39, 0.29) is 17.8 Å². The number of halogens is 1. The van der Waals surface area contributed by atoms with E-state index in [4.69, 9.17) is 21.1 Å². The Hall–Kier alpha value is -3.05. The van der Waals surface area contributed by atoms with Crippen molar-refractivity contribution in [3.63, 3.8) is 0 Å². The smallest absolute Gasteiger partial charge is 0.336 e. The summed E-state index contributed by atoms with van der Waals surface area (Å²) in [5.41, 5.74) is 7.64. The van der Waals surface area contributed by atoms with Crippen LogP contribution >= 0.6 is 11.6 Å². The SMILES string of the molecule is CCOC(=O)C1=C(C)NC2=C(C(=O)CC(C)(C)C2)[C@@H]1c1cc(C)cc(COc2ccc(Cl)cc2C)c1C. The highest BCUT2D eigenvalue weighted by molar-refractivity contribution is 6.30. The number of hydrogen-bond acceptors (Lipinski definition) is 5. The van der Waals surface area contributed by atoms with Crippen molar-refractivity contribution in [2.75, 3.05) is 6.61 Å². The summed E-state index contributed by atoms with van der Waals surface area (Å²) >= 11 is 6.11. The lowest BCUT2D eigenvalue weighted by atomic mass is 9.68. The molecule has 0 radical (unpaired) electrons. The second kappa shape index (κ2) is 10.4. The van der Waals surface area contributed by atoms with Gasteiger partial charge in [0, 0.05) is 34.3 Å². The van der Waals surface area contributed by atoms with Crippen LogP contribution < -0.4 is 10.1 Å². The summed E-state index contributed by atoms with van der Waals surface area (Å²) in [5, 5.41) is 4.07. The van der Waals surface area contributed by atoms with Gasteiger partial charge in [-0.1, -0.05) is 43.1 Å². The third-order valence-corrected chi connectivity index (χ3v) is 7.50. The van der Waals surface area contributed by atoms with Gasteiger partial charge in [-0.3, -0.25) is 4.79 Å². The molecule has 2 aromatic rings. The molecule has 2 aliphatic rings. The van der Waals surface area contributed by atoms with Crippen molar-refractivity contribution in [2.24, 2.45) is 5.41 Å². The standard InChI is InChI=1S/C31H36ClNO4/c1-8-36-30(35)27-20(5)33-24-14-31(6,7)15-25(34)29(24)28(27)23-12-17(2)11-21(19(23)4)16-37-26-10-9-22(32)13-18(26)3/h9-13,28,33H,8,14-16H2,1-7H3/t28-/m1/s1. The molecule has 1 atom stereocenters.